The van der Waals surface area contributed by atoms with Gasteiger partial charge in [0.2, 0.25) is 0 Å². The van der Waals surface area contributed by atoms with Crippen LogP contribution in [0.5, 0.6) is 5.75 Å². The zero-order valence-electron chi connectivity index (χ0n) is 10.2. The van der Waals surface area contributed by atoms with Crippen LogP contribution in [-0.2, 0) is 4.74 Å². The van der Waals surface area contributed by atoms with Gasteiger partial charge in [-0.1, -0.05) is 30.3 Å². The highest BCUT2D eigenvalue weighted by atomic mass is 16.5. The van der Waals surface area contributed by atoms with Crippen molar-refractivity contribution < 1.29 is 14.3 Å². The predicted octanol–water partition coefficient (Wildman–Crippen LogP) is 2.80. The van der Waals surface area contributed by atoms with Crippen molar-refractivity contribution in [2.45, 2.75) is 6.42 Å². The van der Waals surface area contributed by atoms with Crippen LogP contribution in [0.2, 0.25) is 0 Å². The maximum Gasteiger partial charge on any atom is 0.284 e. The first-order chi connectivity index (χ1) is 8.90. The second-order valence-electron chi connectivity index (χ2n) is 3.94. The Balaban J connectivity index is 1.82. The highest BCUT2D eigenvalue weighted by molar-refractivity contribution is 5.83. The highest BCUT2D eigenvalue weighted by Gasteiger charge is 1.97. The summed E-state index contributed by atoms with van der Waals surface area (Å²) >= 11 is 0. The molecule has 2 aromatic carbocycles. The third-order valence-electron chi connectivity index (χ3n) is 2.61. The molecule has 0 amide bonds. The minimum Gasteiger partial charge on any atom is -0.491 e. The molecule has 0 aromatic heterocycles. The molecule has 0 saturated carbocycles. The van der Waals surface area contributed by atoms with E-state index in [0.717, 1.165) is 12.0 Å². The molecule has 0 unspecified atom stereocenters. The number of aldehydes is 1. The van der Waals surface area contributed by atoms with Crippen molar-refractivity contribution in [1.82, 2.24) is 0 Å². The average Bonchev–Trinajstić information content (AvgIpc) is 2.42. The van der Waals surface area contributed by atoms with Gasteiger partial charge in [-0.25, -0.2) is 0 Å². The molecule has 2 aromatic rings. The number of hydrogen-bond acceptors (Lipinski definition) is 2. The Kier molecular flexibility index (Phi) is 4.73. The molecule has 0 heterocycles. The van der Waals surface area contributed by atoms with Gasteiger partial charge in [-0.05, 0) is 22.9 Å². The first-order valence-electron chi connectivity index (χ1n) is 6.05. The van der Waals surface area contributed by atoms with E-state index in [9.17, 15) is 0 Å². The van der Waals surface area contributed by atoms with Gasteiger partial charge in [0, 0.05) is 0 Å². The number of carbonyl (C=O) groups excluding carboxylic acids is 1. The molecule has 0 fully saturated rings. The first kappa shape index (κ1) is 12.6. The lowest BCUT2D eigenvalue weighted by Gasteiger charge is -2.07. The fraction of sp³-hybridized carbons (Fsp3) is 0.267. The molecule has 94 valence electrons. The second-order valence-corrected chi connectivity index (χ2v) is 3.94. The summed E-state index contributed by atoms with van der Waals surface area (Å²) in [6.45, 7) is 1.57. The van der Waals surface area contributed by atoms with Crippen molar-refractivity contribution in [3.05, 3.63) is 42.5 Å². The van der Waals surface area contributed by atoms with E-state index in [1.165, 1.54) is 10.8 Å². The van der Waals surface area contributed by atoms with E-state index >= 15 is 0 Å². The third kappa shape index (κ3) is 3.57. The Morgan fingerprint density at radius 3 is 2.61 bits per heavy atom. The highest BCUT2D eigenvalue weighted by Crippen LogP contribution is 2.20. The van der Waals surface area contributed by atoms with Crippen molar-refractivity contribution in [3.63, 3.8) is 0 Å². The van der Waals surface area contributed by atoms with Crippen molar-refractivity contribution in [3.8, 4) is 5.75 Å². The number of benzene rings is 2. The van der Waals surface area contributed by atoms with Gasteiger partial charge in [0.1, 0.15) is 12.4 Å². The van der Waals surface area contributed by atoms with Gasteiger partial charge in [0.15, 0.2) is 0 Å². The summed E-state index contributed by atoms with van der Waals surface area (Å²) in [6.07, 6.45) is 1.65. The van der Waals surface area contributed by atoms with Gasteiger partial charge in [-0.3, -0.25) is 4.79 Å². The van der Waals surface area contributed by atoms with Crippen LogP contribution >= 0.6 is 0 Å². The number of rotatable bonds is 7. The normalized spacial score (nSPS) is 10.4. The molecule has 0 aliphatic heterocycles. The summed E-state index contributed by atoms with van der Waals surface area (Å²) in [5.41, 5.74) is 0. The minimum absolute atomic E-state index is 0.518. The summed E-state index contributed by atoms with van der Waals surface area (Å²) in [6, 6.07) is 14.2. The molecular formula is C15H17O3+. The fourth-order valence-corrected chi connectivity index (χ4v) is 1.71. The van der Waals surface area contributed by atoms with Gasteiger partial charge in [0.25, 0.3) is 6.29 Å². The zero-order valence-corrected chi connectivity index (χ0v) is 10.2. The van der Waals surface area contributed by atoms with Crippen LogP contribution in [0, 0.1) is 0 Å². The van der Waals surface area contributed by atoms with Crippen LogP contribution in [0.4, 0.5) is 0 Å². The van der Waals surface area contributed by atoms with E-state index in [-0.39, 0.29) is 0 Å². The molecule has 2 rings (SSSR count). The Hall–Kier alpha value is -1.87. The summed E-state index contributed by atoms with van der Waals surface area (Å²) in [7, 11) is 0. The van der Waals surface area contributed by atoms with Crippen molar-refractivity contribution >= 4 is 17.1 Å². The quantitative estimate of drug-likeness (QED) is 0.427. The van der Waals surface area contributed by atoms with Crippen LogP contribution in [-0.4, -0.2) is 30.9 Å². The first-order valence-corrected chi connectivity index (χ1v) is 6.05. The summed E-state index contributed by atoms with van der Waals surface area (Å²) < 4.78 is 10.9. The average molecular weight is 245 g/mol. The predicted molar refractivity (Wildman–Crippen MR) is 72.9 cm³/mol. The molecule has 0 spiro atoms. The molecule has 0 atom stereocenters. The van der Waals surface area contributed by atoms with E-state index in [4.69, 9.17) is 14.3 Å². The molecule has 0 aliphatic rings. The smallest absolute Gasteiger partial charge is 0.284 e. The second kappa shape index (κ2) is 6.77. The topological polar surface area (TPSA) is 39.9 Å². The molecule has 0 bridgehead atoms. The molecule has 18 heavy (non-hydrogen) atoms. The summed E-state index contributed by atoms with van der Waals surface area (Å²) in [4.78, 5) is 8.47. The van der Waals surface area contributed by atoms with E-state index in [1.54, 1.807) is 0 Å². The Morgan fingerprint density at radius 2 is 1.78 bits per heavy atom. The standard InChI is InChI=1S/C15H16O3/c16-8-3-9-17-10-11-18-15-7-6-13-4-1-2-5-14(13)12-15/h1-2,4-8,12H,3,9-11H2/p+1. The number of ether oxygens (including phenoxy) is 2. The molecule has 1 N–H and O–H groups in total. The Labute approximate surface area is 106 Å². The summed E-state index contributed by atoms with van der Waals surface area (Å²) in [5, 5.41) is 2.38. The lowest BCUT2D eigenvalue weighted by molar-refractivity contribution is 0.105. The van der Waals surface area contributed by atoms with Crippen LogP contribution in [0.1, 0.15) is 6.42 Å². The maximum atomic E-state index is 8.47. The zero-order chi connectivity index (χ0) is 12.6. The summed E-state index contributed by atoms with van der Waals surface area (Å²) in [5.74, 6) is 0.853. The van der Waals surface area contributed by atoms with Gasteiger partial charge in [0.05, 0.1) is 19.6 Å². The van der Waals surface area contributed by atoms with Crippen LogP contribution in [0.25, 0.3) is 10.8 Å². The Morgan fingerprint density at radius 1 is 0.944 bits per heavy atom. The van der Waals surface area contributed by atoms with Crippen LogP contribution < -0.4 is 4.74 Å². The SMILES string of the molecule is [OH+]=CCCOCCOc1ccc2ccccc2c1. The van der Waals surface area contributed by atoms with E-state index < -0.39 is 0 Å². The maximum absolute atomic E-state index is 8.47. The Bertz CT molecular complexity index is 508. The van der Waals surface area contributed by atoms with Crippen molar-refractivity contribution in [2.75, 3.05) is 19.8 Å². The minimum atomic E-state index is 0.518. The lowest BCUT2D eigenvalue weighted by Crippen LogP contribution is -2.07. The largest absolute Gasteiger partial charge is 0.491 e. The fourth-order valence-electron chi connectivity index (χ4n) is 1.71. The number of fused-ring (bicyclic) bond motifs is 1. The van der Waals surface area contributed by atoms with Crippen LogP contribution in [0.3, 0.4) is 0 Å². The molecule has 0 saturated heterocycles. The molecule has 3 nitrogen and oxygen atoms in total. The van der Waals surface area contributed by atoms with E-state index in [1.807, 2.05) is 30.3 Å². The molecular weight excluding hydrogens is 228 g/mol. The number of hydrogen-bond donors (Lipinski definition) is 0. The van der Waals surface area contributed by atoms with Crippen molar-refractivity contribution in [1.29, 1.82) is 0 Å². The van der Waals surface area contributed by atoms with Gasteiger partial charge < -0.3 is 9.47 Å². The van der Waals surface area contributed by atoms with E-state index in [0.29, 0.717) is 26.2 Å². The van der Waals surface area contributed by atoms with E-state index in [2.05, 4.69) is 12.1 Å². The lowest BCUT2D eigenvalue weighted by atomic mass is 10.1. The third-order valence-corrected chi connectivity index (χ3v) is 2.61. The monoisotopic (exact) mass is 245 g/mol. The van der Waals surface area contributed by atoms with Gasteiger partial charge >= 0.3 is 0 Å². The van der Waals surface area contributed by atoms with Gasteiger partial charge in [-0.15, -0.1) is 0 Å². The molecule has 3 heteroatoms. The van der Waals surface area contributed by atoms with Crippen molar-refractivity contribution in [2.24, 2.45) is 0 Å². The van der Waals surface area contributed by atoms with Gasteiger partial charge in [-0.2, -0.15) is 0 Å². The molecule has 0 radical (unpaired) electrons. The van der Waals surface area contributed by atoms with Crippen LogP contribution in [0.15, 0.2) is 42.5 Å². The molecule has 0 aliphatic carbocycles.